The molecule has 7 nitrogen and oxygen atoms in total. The van der Waals surface area contributed by atoms with Gasteiger partial charge in [-0.1, -0.05) is 13.3 Å². The van der Waals surface area contributed by atoms with Gasteiger partial charge < -0.3 is 19.1 Å². The first-order chi connectivity index (χ1) is 13.8. The number of hydrogen-bond acceptors (Lipinski definition) is 6. The van der Waals surface area contributed by atoms with Gasteiger partial charge in [-0.15, -0.1) is 0 Å². The number of nitriles is 1. The van der Waals surface area contributed by atoms with E-state index in [9.17, 15) is 14.9 Å². The van der Waals surface area contributed by atoms with Crippen LogP contribution >= 0.6 is 0 Å². The van der Waals surface area contributed by atoms with Crippen molar-refractivity contribution >= 4 is 11.9 Å². The van der Waals surface area contributed by atoms with Crippen LogP contribution in [0.15, 0.2) is 30.0 Å². The summed E-state index contributed by atoms with van der Waals surface area (Å²) in [5, 5.41) is 9.33. The molecule has 0 saturated carbocycles. The van der Waals surface area contributed by atoms with Gasteiger partial charge in [0, 0.05) is 18.6 Å². The topological polar surface area (TPSA) is 88.9 Å². The maximum absolute atomic E-state index is 12.8. The molecule has 1 aromatic carbocycles. The lowest BCUT2D eigenvalue weighted by molar-refractivity contribution is -0.171. The lowest BCUT2D eigenvalue weighted by atomic mass is 9.84. The Morgan fingerprint density at radius 2 is 2.17 bits per heavy atom. The Bertz CT molecular complexity index is 884. The number of fused-ring (bicyclic) bond motifs is 1. The van der Waals surface area contributed by atoms with Gasteiger partial charge in [0.1, 0.15) is 23.2 Å². The fourth-order valence-electron chi connectivity index (χ4n) is 3.73. The molecule has 29 heavy (non-hydrogen) atoms. The van der Waals surface area contributed by atoms with E-state index in [2.05, 4.69) is 13.0 Å². The Labute approximate surface area is 170 Å². The van der Waals surface area contributed by atoms with Gasteiger partial charge in [0.25, 0.3) is 5.91 Å². The Morgan fingerprint density at radius 3 is 2.83 bits per heavy atom. The number of carbonyl (C=O) groups is 2. The van der Waals surface area contributed by atoms with Crippen molar-refractivity contribution < 1.29 is 23.8 Å². The van der Waals surface area contributed by atoms with Crippen molar-refractivity contribution in [2.45, 2.75) is 58.3 Å². The molecule has 2 atom stereocenters. The van der Waals surface area contributed by atoms with Gasteiger partial charge in [0.15, 0.2) is 6.10 Å². The molecule has 0 spiro atoms. The SMILES string of the molecule is CCCCOC1=CC(=O)N([C@H]2c3cc(C#N)ccc3OC(C)(C)[C@@H]2OC(C)=O)C1. The highest BCUT2D eigenvalue weighted by Crippen LogP contribution is 2.45. The summed E-state index contributed by atoms with van der Waals surface area (Å²) in [6.07, 6.45) is 2.64. The zero-order valence-electron chi connectivity index (χ0n) is 17.2. The quantitative estimate of drug-likeness (QED) is 0.540. The predicted octanol–water partition coefficient (Wildman–Crippen LogP) is 3.24. The molecule has 0 aromatic heterocycles. The van der Waals surface area contributed by atoms with Gasteiger partial charge in [-0.3, -0.25) is 9.59 Å². The minimum atomic E-state index is -0.871. The summed E-state index contributed by atoms with van der Waals surface area (Å²) in [4.78, 5) is 26.3. The lowest BCUT2D eigenvalue weighted by Crippen LogP contribution is -2.55. The average Bonchev–Trinajstić information content (AvgIpc) is 3.02. The summed E-state index contributed by atoms with van der Waals surface area (Å²) in [5.74, 6) is 0.475. The molecule has 7 heteroatoms. The molecule has 1 aromatic rings. The zero-order valence-corrected chi connectivity index (χ0v) is 17.2. The highest BCUT2D eigenvalue weighted by atomic mass is 16.6. The molecule has 2 aliphatic heterocycles. The number of ether oxygens (including phenoxy) is 3. The summed E-state index contributed by atoms with van der Waals surface area (Å²) in [7, 11) is 0. The first-order valence-corrected chi connectivity index (χ1v) is 9.81. The maximum Gasteiger partial charge on any atom is 0.303 e. The second-order valence-corrected chi connectivity index (χ2v) is 7.82. The average molecular weight is 398 g/mol. The van der Waals surface area contributed by atoms with Crippen LogP contribution < -0.4 is 4.74 Å². The minimum Gasteiger partial charge on any atom is -0.496 e. The summed E-state index contributed by atoms with van der Waals surface area (Å²) < 4.78 is 17.5. The third kappa shape index (κ3) is 4.21. The smallest absolute Gasteiger partial charge is 0.303 e. The first-order valence-electron chi connectivity index (χ1n) is 9.81. The third-order valence-corrected chi connectivity index (χ3v) is 5.11. The number of rotatable bonds is 6. The van der Waals surface area contributed by atoms with E-state index in [1.165, 1.54) is 13.0 Å². The highest BCUT2D eigenvalue weighted by Gasteiger charge is 2.50. The summed E-state index contributed by atoms with van der Waals surface area (Å²) in [6.45, 7) is 7.87. The second kappa shape index (κ2) is 8.16. The molecule has 0 unspecified atom stereocenters. The van der Waals surface area contributed by atoms with Crippen molar-refractivity contribution in [3.63, 3.8) is 0 Å². The van der Waals surface area contributed by atoms with Gasteiger partial charge in [0.2, 0.25) is 0 Å². The molecule has 0 bridgehead atoms. The van der Waals surface area contributed by atoms with Crippen molar-refractivity contribution in [1.82, 2.24) is 4.90 Å². The normalized spacial score (nSPS) is 22.2. The van der Waals surface area contributed by atoms with E-state index >= 15 is 0 Å². The summed E-state index contributed by atoms with van der Waals surface area (Å²) in [6, 6.07) is 6.60. The Kier molecular flexibility index (Phi) is 5.83. The van der Waals surface area contributed by atoms with Crippen LogP contribution in [0, 0.1) is 11.3 Å². The van der Waals surface area contributed by atoms with Crippen LogP contribution in [0.5, 0.6) is 5.75 Å². The van der Waals surface area contributed by atoms with Gasteiger partial charge in [-0.05, 0) is 38.5 Å². The second-order valence-electron chi connectivity index (χ2n) is 7.82. The molecule has 0 fully saturated rings. The van der Waals surface area contributed by atoms with Gasteiger partial charge in [-0.2, -0.15) is 5.26 Å². The van der Waals surface area contributed by atoms with Gasteiger partial charge in [-0.25, -0.2) is 0 Å². The molecular weight excluding hydrogens is 372 g/mol. The molecular formula is C22H26N2O5. The van der Waals surface area contributed by atoms with Crippen LogP contribution in [0.4, 0.5) is 0 Å². The Morgan fingerprint density at radius 1 is 1.41 bits per heavy atom. The molecule has 1 amide bonds. The monoisotopic (exact) mass is 398 g/mol. The third-order valence-electron chi connectivity index (χ3n) is 5.11. The molecule has 154 valence electrons. The van der Waals surface area contributed by atoms with Crippen molar-refractivity contribution in [2.75, 3.05) is 13.2 Å². The van der Waals surface area contributed by atoms with Crippen molar-refractivity contribution in [1.29, 1.82) is 5.26 Å². The van der Waals surface area contributed by atoms with Gasteiger partial charge in [0.05, 0.1) is 24.8 Å². The number of benzene rings is 1. The van der Waals surface area contributed by atoms with Crippen LogP contribution in [0.2, 0.25) is 0 Å². The van der Waals surface area contributed by atoms with Crippen LogP contribution in [-0.4, -0.2) is 41.6 Å². The highest BCUT2D eigenvalue weighted by molar-refractivity contribution is 5.91. The van der Waals surface area contributed by atoms with E-state index < -0.39 is 23.7 Å². The number of unbranched alkanes of at least 4 members (excludes halogenated alkanes) is 1. The van der Waals surface area contributed by atoms with Crippen molar-refractivity contribution in [2.24, 2.45) is 0 Å². The zero-order chi connectivity index (χ0) is 21.2. The predicted molar refractivity (Wildman–Crippen MR) is 105 cm³/mol. The Balaban J connectivity index is 2.00. The summed E-state index contributed by atoms with van der Waals surface area (Å²) >= 11 is 0. The van der Waals surface area contributed by atoms with Gasteiger partial charge >= 0.3 is 5.97 Å². The molecule has 2 heterocycles. The largest absolute Gasteiger partial charge is 0.496 e. The molecule has 2 aliphatic rings. The van der Waals surface area contributed by atoms with Crippen LogP contribution in [0.3, 0.4) is 0 Å². The molecule has 0 radical (unpaired) electrons. The fraction of sp³-hybridized carbons (Fsp3) is 0.500. The molecule has 0 saturated heterocycles. The number of carbonyl (C=O) groups excluding carboxylic acids is 2. The number of nitrogens with zero attached hydrogens (tertiary/aromatic N) is 2. The molecule has 3 rings (SSSR count). The Hall–Kier alpha value is -3.01. The maximum atomic E-state index is 12.8. The van der Waals surface area contributed by atoms with Crippen molar-refractivity contribution in [3.05, 3.63) is 41.2 Å². The van der Waals surface area contributed by atoms with E-state index in [-0.39, 0.29) is 12.5 Å². The number of esters is 1. The van der Waals surface area contributed by atoms with Crippen LogP contribution in [0.1, 0.15) is 57.7 Å². The first kappa shape index (κ1) is 20.7. The van der Waals surface area contributed by atoms with Crippen molar-refractivity contribution in [3.8, 4) is 11.8 Å². The van der Waals surface area contributed by atoms with E-state index in [0.717, 1.165) is 12.8 Å². The summed E-state index contributed by atoms with van der Waals surface area (Å²) in [5.41, 5.74) is 0.215. The van der Waals surface area contributed by atoms with Crippen LogP contribution in [-0.2, 0) is 19.1 Å². The number of amides is 1. The van der Waals surface area contributed by atoms with E-state index in [4.69, 9.17) is 14.2 Å². The van der Waals surface area contributed by atoms with Crippen LogP contribution in [0.25, 0.3) is 0 Å². The minimum absolute atomic E-state index is 0.218. The molecule has 0 aliphatic carbocycles. The lowest BCUT2D eigenvalue weighted by Gasteiger charge is -2.46. The van der Waals surface area contributed by atoms with E-state index in [1.54, 1.807) is 23.1 Å². The molecule has 0 N–H and O–H groups in total. The number of hydrogen-bond donors (Lipinski definition) is 0. The fourth-order valence-corrected chi connectivity index (χ4v) is 3.73. The van der Waals surface area contributed by atoms with E-state index in [1.807, 2.05) is 13.8 Å². The standard InChI is InChI=1S/C22H26N2O5/c1-5-6-9-27-16-11-19(26)24(13-16)20-17-10-15(12-23)7-8-18(17)29-22(3,4)21(20)28-14(2)25/h7-8,10-11,20-21H,5-6,9,13H2,1-4H3/t20-,21+/m0/s1. The van der Waals surface area contributed by atoms with E-state index in [0.29, 0.717) is 29.2 Å².